The number of carbonyl (C=O) groups is 1. The van der Waals surface area contributed by atoms with Crippen molar-refractivity contribution in [3.8, 4) is 5.69 Å². The van der Waals surface area contributed by atoms with E-state index < -0.39 is 17.2 Å². The Labute approximate surface area is 198 Å². The summed E-state index contributed by atoms with van der Waals surface area (Å²) in [6.07, 6.45) is 2.86. The number of halogens is 1. The van der Waals surface area contributed by atoms with Crippen LogP contribution in [-0.4, -0.2) is 43.8 Å². The average molecular weight is 481 g/mol. The number of hydrogen-bond acceptors (Lipinski definition) is 7. The normalized spacial score (nSPS) is 10.8. The van der Waals surface area contributed by atoms with Crippen LogP contribution in [0.1, 0.15) is 5.56 Å². The molecule has 2 aromatic carbocycles. The lowest BCUT2D eigenvalue weighted by Crippen LogP contribution is -2.39. The number of amides is 1. The van der Waals surface area contributed by atoms with Gasteiger partial charge in [-0.2, -0.15) is 5.10 Å². The van der Waals surface area contributed by atoms with E-state index in [4.69, 9.17) is 17.3 Å². The number of nitrogens with two attached hydrogens (primary N) is 1. The fourth-order valence-corrected chi connectivity index (χ4v) is 3.67. The SMILES string of the molecule is CN(CC(=O)Nc1cc(Cl)ccc1-n1cncn1)c1c(N)n(Cc2ccccc2)c(=O)[nH]c1=O. The largest absolute Gasteiger partial charge is 0.383 e. The molecule has 0 saturated carbocycles. The summed E-state index contributed by atoms with van der Waals surface area (Å²) in [6, 6.07) is 14.1. The maximum atomic E-state index is 12.8. The minimum absolute atomic E-state index is 0.00766. The van der Waals surface area contributed by atoms with Gasteiger partial charge in [-0.15, -0.1) is 0 Å². The maximum Gasteiger partial charge on any atom is 0.330 e. The molecule has 1 amide bonds. The van der Waals surface area contributed by atoms with E-state index in [2.05, 4.69) is 20.4 Å². The molecule has 0 unspecified atom stereocenters. The number of aromatic amines is 1. The molecule has 0 atom stereocenters. The summed E-state index contributed by atoms with van der Waals surface area (Å²) in [5.41, 5.74) is 6.69. The first kappa shape index (κ1) is 22.8. The van der Waals surface area contributed by atoms with Crippen LogP contribution in [0.25, 0.3) is 5.69 Å². The highest BCUT2D eigenvalue weighted by Gasteiger charge is 2.19. The zero-order valence-corrected chi connectivity index (χ0v) is 18.9. The smallest absolute Gasteiger partial charge is 0.330 e. The summed E-state index contributed by atoms with van der Waals surface area (Å²) >= 11 is 6.10. The number of rotatable bonds is 7. The van der Waals surface area contributed by atoms with E-state index in [-0.39, 0.29) is 24.6 Å². The molecule has 4 N–H and O–H groups in total. The number of aromatic nitrogens is 5. The van der Waals surface area contributed by atoms with E-state index in [0.29, 0.717) is 16.4 Å². The lowest BCUT2D eigenvalue weighted by molar-refractivity contribution is -0.114. The van der Waals surface area contributed by atoms with Crippen molar-refractivity contribution in [3.63, 3.8) is 0 Å². The highest BCUT2D eigenvalue weighted by molar-refractivity contribution is 6.31. The summed E-state index contributed by atoms with van der Waals surface area (Å²) in [6.45, 7) is -0.0563. The highest BCUT2D eigenvalue weighted by atomic mass is 35.5. The number of nitrogen functional groups attached to an aromatic ring is 1. The number of benzene rings is 2. The van der Waals surface area contributed by atoms with Crippen LogP contribution in [0.2, 0.25) is 5.02 Å². The van der Waals surface area contributed by atoms with Gasteiger partial charge in [0.25, 0.3) is 5.56 Å². The minimum Gasteiger partial charge on any atom is -0.383 e. The van der Waals surface area contributed by atoms with Crippen molar-refractivity contribution in [2.45, 2.75) is 6.54 Å². The molecule has 12 heteroatoms. The van der Waals surface area contributed by atoms with Gasteiger partial charge in [0, 0.05) is 12.1 Å². The molecule has 2 aromatic heterocycles. The molecule has 0 aliphatic carbocycles. The van der Waals surface area contributed by atoms with Crippen LogP contribution < -0.4 is 27.2 Å². The Morgan fingerprint density at radius 1 is 1.21 bits per heavy atom. The van der Waals surface area contributed by atoms with E-state index in [9.17, 15) is 14.4 Å². The first-order valence-corrected chi connectivity index (χ1v) is 10.5. The third-order valence-electron chi connectivity index (χ3n) is 5.06. The van der Waals surface area contributed by atoms with Gasteiger partial charge >= 0.3 is 5.69 Å². The Balaban J connectivity index is 1.58. The molecular weight excluding hydrogens is 460 g/mol. The Bertz CT molecular complexity index is 1430. The number of hydrogen-bond donors (Lipinski definition) is 3. The maximum absolute atomic E-state index is 12.8. The van der Waals surface area contributed by atoms with Gasteiger partial charge in [0.2, 0.25) is 5.91 Å². The van der Waals surface area contributed by atoms with Crippen molar-refractivity contribution in [2.75, 3.05) is 29.5 Å². The van der Waals surface area contributed by atoms with Crippen LogP contribution in [-0.2, 0) is 11.3 Å². The van der Waals surface area contributed by atoms with Crippen LogP contribution in [0.15, 0.2) is 70.8 Å². The van der Waals surface area contributed by atoms with Crippen LogP contribution in [0, 0.1) is 0 Å². The number of anilines is 3. The first-order valence-electron chi connectivity index (χ1n) is 10.2. The van der Waals surface area contributed by atoms with Gasteiger partial charge in [-0.05, 0) is 23.8 Å². The lowest BCUT2D eigenvalue weighted by Gasteiger charge is -2.22. The molecule has 11 nitrogen and oxygen atoms in total. The summed E-state index contributed by atoms with van der Waals surface area (Å²) in [5, 5.41) is 7.26. The van der Waals surface area contributed by atoms with Crippen molar-refractivity contribution in [1.82, 2.24) is 24.3 Å². The topological polar surface area (TPSA) is 144 Å². The second-order valence-corrected chi connectivity index (χ2v) is 7.91. The summed E-state index contributed by atoms with van der Waals surface area (Å²) in [4.78, 5) is 45.3. The van der Waals surface area contributed by atoms with Crippen molar-refractivity contribution < 1.29 is 4.79 Å². The molecule has 2 heterocycles. The van der Waals surface area contributed by atoms with E-state index >= 15 is 0 Å². The molecule has 0 saturated heterocycles. The van der Waals surface area contributed by atoms with Gasteiger partial charge < -0.3 is 16.0 Å². The van der Waals surface area contributed by atoms with Gasteiger partial charge in [-0.1, -0.05) is 41.9 Å². The Morgan fingerprint density at radius 2 is 1.97 bits per heavy atom. The summed E-state index contributed by atoms with van der Waals surface area (Å²) in [7, 11) is 1.54. The van der Waals surface area contributed by atoms with Gasteiger partial charge in [0.1, 0.15) is 24.2 Å². The standard InChI is InChI=1S/C22H21ClN8O3/c1-29(11-18(32)27-16-9-15(23)7-8-17(16)31-13-25-12-26-31)19-20(24)30(22(34)28-21(19)33)10-14-5-3-2-4-6-14/h2-9,12-13H,10-11,24H2,1H3,(H,27,32)(H,28,33,34). The molecule has 0 aliphatic rings. The lowest BCUT2D eigenvalue weighted by atomic mass is 10.2. The summed E-state index contributed by atoms with van der Waals surface area (Å²) < 4.78 is 2.73. The van der Waals surface area contributed by atoms with Crippen molar-refractivity contribution in [3.05, 3.63) is 92.6 Å². The third-order valence-corrected chi connectivity index (χ3v) is 5.29. The summed E-state index contributed by atoms with van der Waals surface area (Å²) in [5.74, 6) is -0.482. The number of H-pyrrole nitrogens is 1. The highest BCUT2D eigenvalue weighted by Crippen LogP contribution is 2.24. The van der Waals surface area contributed by atoms with Gasteiger partial charge in [-0.3, -0.25) is 19.1 Å². The van der Waals surface area contributed by atoms with E-state index in [1.165, 1.54) is 33.9 Å². The second-order valence-electron chi connectivity index (χ2n) is 7.47. The molecular formula is C22H21ClN8O3. The minimum atomic E-state index is -0.687. The van der Waals surface area contributed by atoms with Crippen LogP contribution >= 0.6 is 11.6 Å². The Morgan fingerprint density at radius 3 is 2.68 bits per heavy atom. The van der Waals surface area contributed by atoms with Crippen molar-refractivity contribution in [2.24, 2.45) is 0 Å². The van der Waals surface area contributed by atoms with E-state index in [0.717, 1.165) is 5.56 Å². The predicted molar refractivity (Wildman–Crippen MR) is 130 cm³/mol. The van der Waals surface area contributed by atoms with E-state index in [1.807, 2.05) is 30.3 Å². The molecule has 0 radical (unpaired) electrons. The quantitative estimate of drug-likeness (QED) is 0.363. The Hall–Kier alpha value is -4.38. The number of nitrogens with zero attached hydrogens (tertiary/aromatic N) is 5. The molecule has 34 heavy (non-hydrogen) atoms. The first-order chi connectivity index (χ1) is 16.3. The monoisotopic (exact) mass is 480 g/mol. The second kappa shape index (κ2) is 9.63. The van der Waals surface area contributed by atoms with E-state index in [1.54, 1.807) is 18.2 Å². The van der Waals surface area contributed by atoms with Gasteiger partial charge in [0.15, 0.2) is 0 Å². The van der Waals surface area contributed by atoms with Crippen LogP contribution in [0.4, 0.5) is 17.2 Å². The van der Waals surface area contributed by atoms with Crippen LogP contribution in [0.3, 0.4) is 0 Å². The van der Waals surface area contributed by atoms with Crippen molar-refractivity contribution in [1.29, 1.82) is 0 Å². The third kappa shape index (κ3) is 4.84. The number of likely N-dealkylation sites (N-methyl/N-ethyl adjacent to an activating group) is 1. The fourth-order valence-electron chi connectivity index (χ4n) is 3.49. The van der Waals surface area contributed by atoms with Gasteiger partial charge in [0.05, 0.1) is 24.5 Å². The number of carbonyl (C=O) groups excluding carboxylic acids is 1. The fraction of sp³-hybridized carbons (Fsp3) is 0.136. The molecule has 0 aliphatic heterocycles. The molecule has 0 spiro atoms. The molecule has 4 rings (SSSR count). The van der Waals surface area contributed by atoms with Gasteiger partial charge in [-0.25, -0.2) is 14.5 Å². The predicted octanol–water partition coefficient (Wildman–Crippen LogP) is 1.48. The number of nitrogens with one attached hydrogen (secondary N) is 2. The Kier molecular flexibility index (Phi) is 6.46. The zero-order chi connectivity index (χ0) is 24.2. The molecule has 0 bridgehead atoms. The van der Waals surface area contributed by atoms with Crippen molar-refractivity contribution >= 4 is 34.7 Å². The van der Waals surface area contributed by atoms with Crippen LogP contribution in [0.5, 0.6) is 0 Å². The molecule has 174 valence electrons. The average Bonchev–Trinajstić information content (AvgIpc) is 3.32. The zero-order valence-electron chi connectivity index (χ0n) is 18.1. The molecule has 4 aromatic rings. The molecule has 0 fully saturated rings.